The van der Waals surface area contributed by atoms with Crippen molar-refractivity contribution in [3.05, 3.63) is 24.4 Å². The Morgan fingerprint density at radius 3 is 3.00 bits per heavy atom. The van der Waals surface area contributed by atoms with E-state index in [9.17, 15) is 13.6 Å². The van der Waals surface area contributed by atoms with Crippen molar-refractivity contribution < 1.29 is 18.3 Å². The standard InChI is InChI=1S/C10H13F2N5O2/c1-3-8(15-13)14-10(18)6-4-9(16-17(6)2)19-5-7(11)12/h3-4,7H,1,5,13H2,2H3,(H,14,15,18). The summed E-state index contributed by atoms with van der Waals surface area (Å²) in [7, 11) is 1.47. The molecule has 1 aromatic rings. The molecule has 0 saturated carbocycles. The first kappa shape index (κ1) is 14.6. The molecule has 104 valence electrons. The number of aromatic nitrogens is 2. The Morgan fingerprint density at radius 1 is 1.79 bits per heavy atom. The van der Waals surface area contributed by atoms with E-state index in [-0.39, 0.29) is 17.4 Å². The van der Waals surface area contributed by atoms with Gasteiger partial charge in [-0.15, -0.1) is 5.10 Å². The molecule has 9 heteroatoms. The third-order valence-electron chi connectivity index (χ3n) is 2.02. The molecule has 0 bridgehead atoms. The molecule has 0 aliphatic rings. The molecular formula is C10H13F2N5O2. The molecule has 0 radical (unpaired) electrons. The number of nitrogens with one attached hydrogen (secondary N) is 1. The Balaban J connectivity index is 2.78. The second-order valence-electron chi connectivity index (χ2n) is 3.37. The molecule has 0 unspecified atom stereocenters. The predicted octanol–water partition coefficient (Wildman–Crippen LogP) is 0.252. The van der Waals surface area contributed by atoms with E-state index in [1.54, 1.807) is 0 Å². The lowest BCUT2D eigenvalue weighted by atomic mass is 10.4. The maximum Gasteiger partial charge on any atom is 0.275 e. The van der Waals surface area contributed by atoms with Gasteiger partial charge in [-0.25, -0.2) is 8.78 Å². The zero-order chi connectivity index (χ0) is 14.4. The van der Waals surface area contributed by atoms with Crippen molar-refractivity contribution in [1.82, 2.24) is 15.1 Å². The zero-order valence-electron chi connectivity index (χ0n) is 10.1. The van der Waals surface area contributed by atoms with Gasteiger partial charge in [0.05, 0.1) is 0 Å². The number of ether oxygens (including phenoxy) is 1. The van der Waals surface area contributed by atoms with Crippen molar-refractivity contribution in [2.75, 3.05) is 6.61 Å². The monoisotopic (exact) mass is 273 g/mol. The highest BCUT2D eigenvalue weighted by Crippen LogP contribution is 2.11. The highest BCUT2D eigenvalue weighted by molar-refractivity contribution is 6.09. The summed E-state index contributed by atoms with van der Waals surface area (Å²) >= 11 is 0. The summed E-state index contributed by atoms with van der Waals surface area (Å²) in [6.07, 6.45) is -1.36. The molecule has 1 heterocycles. The Bertz CT molecular complexity index is 498. The number of aryl methyl sites for hydroxylation is 1. The number of nitrogens with zero attached hydrogens (tertiary/aromatic N) is 3. The molecule has 0 spiro atoms. The first-order valence-electron chi connectivity index (χ1n) is 5.14. The lowest BCUT2D eigenvalue weighted by Crippen LogP contribution is -2.31. The number of rotatable bonds is 5. The fourth-order valence-corrected chi connectivity index (χ4v) is 1.19. The maximum atomic E-state index is 12.0. The molecule has 0 aliphatic carbocycles. The van der Waals surface area contributed by atoms with Gasteiger partial charge in [-0.05, 0) is 6.08 Å². The normalized spacial score (nSPS) is 11.5. The van der Waals surface area contributed by atoms with Gasteiger partial charge in [-0.2, -0.15) is 5.10 Å². The number of carbonyl (C=O) groups excluding carboxylic acids is 1. The number of amides is 1. The first-order chi connectivity index (χ1) is 8.97. The summed E-state index contributed by atoms with van der Waals surface area (Å²) in [5.41, 5.74) is 0.104. The fourth-order valence-electron chi connectivity index (χ4n) is 1.19. The molecule has 1 aromatic heterocycles. The molecule has 19 heavy (non-hydrogen) atoms. The van der Waals surface area contributed by atoms with Gasteiger partial charge in [0.15, 0.2) is 12.4 Å². The molecule has 7 nitrogen and oxygen atoms in total. The summed E-state index contributed by atoms with van der Waals surface area (Å²) in [5.74, 6) is 4.44. The molecule has 0 atom stereocenters. The van der Waals surface area contributed by atoms with Crippen LogP contribution in [0.15, 0.2) is 23.8 Å². The second-order valence-corrected chi connectivity index (χ2v) is 3.37. The second kappa shape index (κ2) is 6.47. The lowest BCUT2D eigenvalue weighted by Gasteiger charge is -2.02. The quantitative estimate of drug-likeness (QED) is 0.348. The Labute approximate surface area is 107 Å². The number of alkyl halides is 2. The van der Waals surface area contributed by atoms with Gasteiger partial charge < -0.3 is 15.9 Å². The summed E-state index contributed by atoms with van der Waals surface area (Å²) in [5, 5.41) is 9.40. The summed E-state index contributed by atoms with van der Waals surface area (Å²) in [6.45, 7) is 2.61. The van der Waals surface area contributed by atoms with Crippen LogP contribution >= 0.6 is 0 Å². The van der Waals surface area contributed by atoms with Gasteiger partial charge >= 0.3 is 0 Å². The van der Waals surface area contributed by atoms with Crippen LogP contribution in [0, 0.1) is 0 Å². The highest BCUT2D eigenvalue weighted by atomic mass is 19.3. The van der Waals surface area contributed by atoms with Crippen LogP contribution in [0.3, 0.4) is 0 Å². The zero-order valence-corrected chi connectivity index (χ0v) is 10.1. The Morgan fingerprint density at radius 2 is 2.47 bits per heavy atom. The largest absolute Gasteiger partial charge is 0.471 e. The average molecular weight is 273 g/mol. The van der Waals surface area contributed by atoms with Crippen LogP contribution in [0.4, 0.5) is 8.78 Å². The average Bonchev–Trinajstić information content (AvgIpc) is 2.74. The third-order valence-corrected chi connectivity index (χ3v) is 2.02. The van der Waals surface area contributed by atoms with Crippen LogP contribution in [0.1, 0.15) is 10.5 Å². The van der Waals surface area contributed by atoms with Crippen molar-refractivity contribution in [2.45, 2.75) is 6.43 Å². The minimum Gasteiger partial charge on any atom is -0.471 e. The van der Waals surface area contributed by atoms with Crippen molar-refractivity contribution >= 4 is 11.7 Å². The summed E-state index contributed by atoms with van der Waals surface area (Å²) in [6, 6.07) is 1.23. The minimum absolute atomic E-state index is 0.0706. The predicted molar refractivity (Wildman–Crippen MR) is 64.0 cm³/mol. The molecule has 3 N–H and O–H groups in total. The van der Waals surface area contributed by atoms with Crippen LogP contribution in [-0.4, -0.2) is 34.6 Å². The Hall–Kier alpha value is -2.45. The van der Waals surface area contributed by atoms with Crippen LogP contribution in [0.2, 0.25) is 0 Å². The highest BCUT2D eigenvalue weighted by Gasteiger charge is 2.15. The number of hydrogen-bond donors (Lipinski definition) is 2. The Kier molecular flexibility index (Phi) is 4.98. The van der Waals surface area contributed by atoms with Crippen molar-refractivity contribution in [3.63, 3.8) is 0 Å². The third kappa shape index (κ3) is 4.05. The SMILES string of the molecule is C=C/C(=N\N)NC(=O)c1cc(OCC(F)F)nn1C. The topological polar surface area (TPSA) is 94.5 Å². The maximum absolute atomic E-state index is 12.0. The number of hydrogen-bond acceptors (Lipinski definition) is 5. The van der Waals surface area contributed by atoms with E-state index < -0.39 is 18.9 Å². The first-order valence-corrected chi connectivity index (χ1v) is 5.14. The molecule has 0 aliphatic heterocycles. The number of nitrogens with two attached hydrogens (primary N) is 1. The molecule has 0 saturated heterocycles. The van der Waals surface area contributed by atoms with Crippen LogP contribution in [0.5, 0.6) is 5.88 Å². The van der Waals surface area contributed by atoms with Crippen LogP contribution < -0.4 is 15.9 Å². The van der Waals surface area contributed by atoms with Gasteiger partial charge in [-0.1, -0.05) is 6.58 Å². The van der Waals surface area contributed by atoms with Crippen molar-refractivity contribution in [3.8, 4) is 5.88 Å². The van der Waals surface area contributed by atoms with Gasteiger partial charge in [-0.3, -0.25) is 9.48 Å². The smallest absolute Gasteiger partial charge is 0.275 e. The van der Waals surface area contributed by atoms with E-state index in [2.05, 4.69) is 22.1 Å². The van der Waals surface area contributed by atoms with Gasteiger partial charge in [0.1, 0.15) is 5.69 Å². The van der Waals surface area contributed by atoms with Gasteiger partial charge in [0.2, 0.25) is 5.88 Å². The molecule has 0 aromatic carbocycles. The van der Waals surface area contributed by atoms with Crippen molar-refractivity contribution in [2.24, 2.45) is 18.0 Å². The molecular weight excluding hydrogens is 260 g/mol. The van der Waals surface area contributed by atoms with E-state index in [0.717, 1.165) is 0 Å². The van der Waals surface area contributed by atoms with E-state index in [1.165, 1.54) is 23.9 Å². The molecule has 0 fully saturated rings. The van der Waals surface area contributed by atoms with Gasteiger partial charge in [0.25, 0.3) is 12.3 Å². The fraction of sp³-hybridized carbons (Fsp3) is 0.300. The van der Waals surface area contributed by atoms with Crippen LogP contribution in [0.25, 0.3) is 0 Å². The molecule has 1 amide bonds. The number of carbonyl (C=O) groups is 1. The molecule has 1 rings (SSSR count). The summed E-state index contributed by atoms with van der Waals surface area (Å²) < 4.78 is 29.8. The van der Waals surface area contributed by atoms with E-state index in [0.29, 0.717) is 0 Å². The minimum atomic E-state index is -2.61. The van der Waals surface area contributed by atoms with E-state index in [1.807, 2.05) is 0 Å². The number of amidine groups is 1. The van der Waals surface area contributed by atoms with E-state index in [4.69, 9.17) is 10.6 Å². The van der Waals surface area contributed by atoms with E-state index >= 15 is 0 Å². The number of halogens is 2. The number of hydrazone groups is 1. The van der Waals surface area contributed by atoms with Gasteiger partial charge in [0, 0.05) is 13.1 Å². The lowest BCUT2D eigenvalue weighted by molar-refractivity contribution is 0.0792. The summed E-state index contributed by atoms with van der Waals surface area (Å²) in [4.78, 5) is 11.8. The van der Waals surface area contributed by atoms with Crippen molar-refractivity contribution in [1.29, 1.82) is 0 Å². The van der Waals surface area contributed by atoms with Crippen LogP contribution in [-0.2, 0) is 7.05 Å².